The van der Waals surface area contributed by atoms with Crippen LogP contribution in [0.15, 0.2) is 48.5 Å². The standard InChI is InChI=1S/C24H32N4O3/c1-5-27(6-2)23(30)18-9-13-20(14-10-18)25-17-22(29)26-21-15-11-19(12-16-21)24(31)28(7-3)8-4/h9-16,25H,5-8,17H2,1-4H3,(H,26,29). The molecule has 166 valence electrons. The third-order valence-corrected chi connectivity index (χ3v) is 5.10. The molecule has 2 rings (SSSR count). The molecule has 0 unspecified atom stereocenters. The molecule has 2 N–H and O–H groups in total. The van der Waals surface area contributed by atoms with E-state index in [2.05, 4.69) is 10.6 Å². The maximum atomic E-state index is 12.3. The highest BCUT2D eigenvalue weighted by atomic mass is 16.2. The molecular weight excluding hydrogens is 392 g/mol. The lowest BCUT2D eigenvalue weighted by molar-refractivity contribution is -0.114. The highest BCUT2D eigenvalue weighted by Crippen LogP contribution is 2.13. The van der Waals surface area contributed by atoms with Crippen LogP contribution in [0.25, 0.3) is 0 Å². The fraction of sp³-hybridized carbons (Fsp3) is 0.375. The van der Waals surface area contributed by atoms with Gasteiger partial charge in [0.15, 0.2) is 0 Å². The molecule has 0 aliphatic carbocycles. The molecule has 0 saturated carbocycles. The minimum atomic E-state index is -0.203. The minimum absolute atomic E-state index is 0.00258. The third kappa shape index (κ3) is 6.57. The normalized spacial score (nSPS) is 10.3. The number of hydrogen-bond acceptors (Lipinski definition) is 4. The van der Waals surface area contributed by atoms with E-state index in [0.717, 1.165) is 5.69 Å². The van der Waals surface area contributed by atoms with Crippen molar-refractivity contribution < 1.29 is 14.4 Å². The molecule has 2 aromatic carbocycles. The second-order valence-corrected chi connectivity index (χ2v) is 7.01. The van der Waals surface area contributed by atoms with Gasteiger partial charge in [0.1, 0.15) is 0 Å². The number of nitrogens with zero attached hydrogens (tertiary/aromatic N) is 2. The van der Waals surface area contributed by atoms with E-state index in [1.54, 1.807) is 58.3 Å². The monoisotopic (exact) mass is 424 g/mol. The number of benzene rings is 2. The van der Waals surface area contributed by atoms with Crippen LogP contribution >= 0.6 is 0 Å². The molecule has 3 amide bonds. The smallest absolute Gasteiger partial charge is 0.253 e. The lowest BCUT2D eigenvalue weighted by Gasteiger charge is -2.19. The number of nitrogens with one attached hydrogen (secondary N) is 2. The first-order chi connectivity index (χ1) is 14.9. The topological polar surface area (TPSA) is 81.8 Å². The van der Waals surface area contributed by atoms with E-state index < -0.39 is 0 Å². The Labute approximate surface area is 184 Å². The Morgan fingerprint density at radius 3 is 1.42 bits per heavy atom. The van der Waals surface area contributed by atoms with E-state index in [0.29, 0.717) is 43.0 Å². The molecule has 31 heavy (non-hydrogen) atoms. The Kier molecular flexibility index (Phi) is 9.06. The van der Waals surface area contributed by atoms with Gasteiger partial charge in [-0.3, -0.25) is 14.4 Å². The number of carbonyl (C=O) groups excluding carboxylic acids is 3. The third-order valence-electron chi connectivity index (χ3n) is 5.10. The average Bonchev–Trinajstić information content (AvgIpc) is 2.80. The van der Waals surface area contributed by atoms with Crippen molar-refractivity contribution in [2.75, 3.05) is 43.4 Å². The van der Waals surface area contributed by atoms with Gasteiger partial charge >= 0.3 is 0 Å². The fourth-order valence-corrected chi connectivity index (χ4v) is 3.20. The van der Waals surface area contributed by atoms with Crippen LogP contribution in [0.4, 0.5) is 11.4 Å². The fourth-order valence-electron chi connectivity index (χ4n) is 3.20. The molecule has 0 aliphatic rings. The van der Waals surface area contributed by atoms with Gasteiger partial charge in [-0.2, -0.15) is 0 Å². The second-order valence-electron chi connectivity index (χ2n) is 7.01. The quantitative estimate of drug-likeness (QED) is 0.609. The molecule has 0 saturated heterocycles. The zero-order valence-electron chi connectivity index (χ0n) is 18.8. The Morgan fingerprint density at radius 2 is 1.03 bits per heavy atom. The zero-order chi connectivity index (χ0) is 22.8. The van der Waals surface area contributed by atoms with E-state index in [-0.39, 0.29) is 24.3 Å². The van der Waals surface area contributed by atoms with Gasteiger partial charge < -0.3 is 20.4 Å². The lowest BCUT2D eigenvalue weighted by atomic mass is 10.1. The summed E-state index contributed by atoms with van der Waals surface area (Å²) in [7, 11) is 0. The first-order valence-corrected chi connectivity index (χ1v) is 10.8. The number of hydrogen-bond donors (Lipinski definition) is 2. The molecule has 0 radical (unpaired) electrons. The van der Waals surface area contributed by atoms with E-state index in [4.69, 9.17) is 0 Å². The Hall–Kier alpha value is -3.35. The Morgan fingerprint density at radius 1 is 0.645 bits per heavy atom. The summed E-state index contributed by atoms with van der Waals surface area (Å²) in [5, 5.41) is 5.86. The number of carbonyl (C=O) groups is 3. The highest BCUT2D eigenvalue weighted by molar-refractivity contribution is 5.97. The predicted molar refractivity (Wildman–Crippen MR) is 125 cm³/mol. The van der Waals surface area contributed by atoms with Crippen LogP contribution in [0.5, 0.6) is 0 Å². The van der Waals surface area contributed by atoms with Crippen molar-refractivity contribution in [2.45, 2.75) is 27.7 Å². The van der Waals surface area contributed by atoms with E-state index in [1.807, 2.05) is 27.7 Å². The molecule has 7 heteroatoms. The van der Waals surface area contributed by atoms with E-state index in [1.165, 1.54) is 0 Å². The van der Waals surface area contributed by atoms with Crippen LogP contribution in [0.2, 0.25) is 0 Å². The van der Waals surface area contributed by atoms with Crippen LogP contribution in [-0.2, 0) is 4.79 Å². The van der Waals surface area contributed by atoms with Crippen molar-refractivity contribution in [2.24, 2.45) is 0 Å². The van der Waals surface area contributed by atoms with Gasteiger partial charge in [-0.25, -0.2) is 0 Å². The molecule has 0 atom stereocenters. The van der Waals surface area contributed by atoms with Gasteiger partial charge in [-0.05, 0) is 76.2 Å². The average molecular weight is 425 g/mol. The van der Waals surface area contributed by atoms with E-state index in [9.17, 15) is 14.4 Å². The predicted octanol–water partition coefficient (Wildman–Crippen LogP) is 3.70. The van der Waals surface area contributed by atoms with Crippen LogP contribution in [-0.4, -0.2) is 60.2 Å². The summed E-state index contributed by atoms with van der Waals surface area (Å²) in [5.41, 5.74) is 2.60. The molecule has 0 bridgehead atoms. The minimum Gasteiger partial charge on any atom is -0.376 e. The summed E-state index contributed by atoms with van der Waals surface area (Å²) >= 11 is 0. The summed E-state index contributed by atoms with van der Waals surface area (Å²) in [5.74, 6) is -0.226. The maximum absolute atomic E-state index is 12.3. The molecule has 0 aromatic heterocycles. The second kappa shape index (κ2) is 11.7. The van der Waals surface area contributed by atoms with Gasteiger partial charge in [0.2, 0.25) is 5.91 Å². The first-order valence-electron chi connectivity index (χ1n) is 10.8. The van der Waals surface area contributed by atoms with Gasteiger partial charge in [-0.1, -0.05) is 0 Å². The number of amides is 3. The Balaban J connectivity index is 1.88. The van der Waals surface area contributed by atoms with Crippen molar-refractivity contribution in [1.29, 1.82) is 0 Å². The Bertz CT molecular complexity index is 871. The van der Waals surface area contributed by atoms with Gasteiger partial charge in [0.05, 0.1) is 6.54 Å². The SMILES string of the molecule is CCN(CC)C(=O)c1ccc(NCC(=O)Nc2ccc(C(=O)N(CC)CC)cc2)cc1. The molecule has 7 nitrogen and oxygen atoms in total. The van der Waals surface area contributed by atoms with Gasteiger partial charge in [0.25, 0.3) is 11.8 Å². The number of anilines is 2. The summed E-state index contributed by atoms with van der Waals surface area (Å²) in [6, 6.07) is 14.0. The number of rotatable bonds is 10. The summed E-state index contributed by atoms with van der Waals surface area (Å²) in [4.78, 5) is 40.4. The van der Waals surface area contributed by atoms with Crippen molar-refractivity contribution in [3.63, 3.8) is 0 Å². The largest absolute Gasteiger partial charge is 0.376 e. The highest BCUT2D eigenvalue weighted by Gasteiger charge is 2.13. The van der Waals surface area contributed by atoms with E-state index >= 15 is 0 Å². The lowest BCUT2D eigenvalue weighted by Crippen LogP contribution is -2.30. The zero-order valence-corrected chi connectivity index (χ0v) is 18.8. The van der Waals surface area contributed by atoms with Crippen LogP contribution in [0.1, 0.15) is 48.4 Å². The van der Waals surface area contributed by atoms with Crippen LogP contribution in [0, 0.1) is 0 Å². The maximum Gasteiger partial charge on any atom is 0.253 e. The summed E-state index contributed by atoms with van der Waals surface area (Å²) in [6.07, 6.45) is 0. The van der Waals surface area contributed by atoms with Gasteiger partial charge in [-0.15, -0.1) is 0 Å². The molecule has 0 heterocycles. The van der Waals surface area contributed by atoms with Crippen molar-refractivity contribution in [3.05, 3.63) is 59.7 Å². The molecule has 0 fully saturated rings. The molecule has 0 aliphatic heterocycles. The van der Waals surface area contributed by atoms with Crippen molar-refractivity contribution in [3.8, 4) is 0 Å². The van der Waals surface area contributed by atoms with Gasteiger partial charge in [0, 0.05) is 48.7 Å². The van der Waals surface area contributed by atoms with Crippen molar-refractivity contribution in [1.82, 2.24) is 9.80 Å². The molecular formula is C24H32N4O3. The first kappa shape index (κ1) is 23.9. The van der Waals surface area contributed by atoms with Crippen LogP contribution in [0.3, 0.4) is 0 Å². The molecule has 0 spiro atoms. The molecule has 2 aromatic rings. The summed E-state index contributed by atoms with van der Waals surface area (Å²) < 4.78 is 0. The van der Waals surface area contributed by atoms with Crippen LogP contribution < -0.4 is 10.6 Å². The van der Waals surface area contributed by atoms with Crippen molar-refractivity contribution >= 4 is 29.1 Å². The summed E-state index contributed by atoms with van der Waals surface area (Å²) in [6.45, 7) is 10.5.